The molecule has 2 aliphatic rings. The van der Waals surface area contributed by atoms with E-state index in [1.54, 1.807) is 11.1 Å². The first-order valence-electron chi connectivity index (χ1n) is 6.60. The molecular formula is C16H24Zr. The Bertz CT molecular complexity index is 438. The molecule has 0 aromatic rings. The Hall–Kier alpha value is -0.157. The van der Waals surface area contributed by atoms with E-state index in [-0.39, 0.29) is 0 Å². The van der Waals surface area contributed by atoms with Crippen LogP contribution in [0.4, 0.5) is 0 Å². The van der Waals surface area contributed by atoms with E-state index >= 15 is 0 Å². The minimum absolute atomic E-state index is 1.23. The summed E-state index contributed by atoms with van der Waals surface area (Å²) < 4.78 is 8.86. The van der Waals surface area contributed by atoms with Crippen LogP contribution in [0.3, 0.4) is 0 Å². The van der Waals surface area contributed by atoms with Gasteiger partial charge in [-0.25, -0.2) is 0 Å². The van der Waals surface area contributed by atoms with Gasteiger partial charge in [-0.2, -0.15) is 0 Å². The summed E-state index contributed by atoms with van der Waals surface area (Å²) in [7, 11) is 0. The Morgan fingerprint density at radius 1 is 0.765 bits per heavy atom. The molecule has 0 N–H and O–H groups in total. The van der Waals surface area contributed by atoms with Gasteiger partial charge in [0.1, 0.15) is 0 Å². The predicted molar refractivity (Wildman–Crippen MR) is 73.9 cm³/mol. The van der Waals surface area contributed by atoms with E-state index in [1.807, 2.05) is 6.56 Å². The molecule has 0 fully saturated rings. The van der Waals surface area contributed by atoms with Crippen LogP contribution in [0, 0.1) is 0 Å². The van der Waals surface area contributed by atoms with E-state index in [9.17, 15) is 0 Å². The fourth-order valence-electron chi connectivity index (χ4n) is 3.23. The predicted octanol–water partition coefficient (Wildman–Crippen LogP) is 5.48. The average molecular weight is 308 g/mol. The van der Waals surface area contributed by atoms with Crippen molar-refractivity contribution in [2.75, 3.05) is 0 Å². The molecule has 17 heavy (non-hydrogen) atoms. The fourth-order valence-corrected chi connectivity index (χ4v) is 12.7. The van der Waals surface area contributed by atoms with Crippen LogP contribution < -0.4 is 0 Å². The molecule has 0 unspecified atom stereocenters. The standard InChI is InChI=1S/2C7H9.2CH3.Zr/c2*1-6-4-3-5-7(6)2;;;/h2*4H,3H2,1-2H3;2*1H3;. The van der Waals surface area contributed by atoms with Crippen molar-refractivity contribution in [3.05, 3.63) is 41.0 Å². The number of allylic oxidation sites excluding steroid dienone is 8. The quantitative estimate of drug-likeness (QED) is 0.633. The van der Waals surface area contributed by atoms with Crippen LogP contribution >= 0.6 is 0 Å². The van der Waals surface area contributed by atoms with Crippen LogP contribution in [-0.4, -0.2) is 0 Å². The van der Waals surface area contributed by atoms with Gasteiger partial charge in [0.2, 0.25) is 0 Å². The van der Waals surface area contributed by atoms with Gasteiger partial charge in [-0.1, -0.05) is 0 Å². The van der Waals surface area contributed by atoms with Gasteiger partial charge in [-0.3, -0.25) is 0 Å². The normalized spacial score (nSPS) is 21.3. The molecule has 0 saturated carbocycles. The van der Waals surface area contributed by atoms with Crippen molar-refractivity contribution in [2.24, 2.45) is 0 Å². The van der Waals surface area contributed by atoms with Crippen molar-refractivity contribution in [2.45, 2.75) is 49.8 Å². The summed E-state index contributed by atoms with van der Waals surface area (Å²) in [4.78, 5) is 0. The molecule has 2 rings (SSSR count). The third-order valence-electron chi connectivity index (χ3n) is 4.82. The summed E-state index contributed by atoms with van der Waals surface area (Å²) in [6.45, 7) is 9.20. The van der Waals surface area contributed by atoms with Crippen molar-refractivity contribution in [3.8, 4) is 0 Å². The Morgan fingerprint density at radius 2 is 1.12 bits per heavy atom. The molecule has 0 aromatic carbocycles. The van der Waals surface area contributed by atoms with E-state index < -0.39 is 20.3 Å². The van der Waals surface area contributed by atoms with E-state index in [4.69, 9.17) is 0 Å². The topological polar surface area (TPSA) is 0 Å². The first kappa shape index (κ1) is 13.3. The summed E-state index contributed by atoms with van der Waals surface area (Å²) in [6, 6.07) is 0. The van der Waals surface area contributed by atoms with Crippen molar-refractivity contribution in [3.63, 3.8) is 0 Å². The summed E-state index contributed by atoms with van der Waals surface area (Å²) >= 11 is -2.22. The van der Waals surface area contributed by atoms with Gasteiger partial charge in [-0.05, 0) is 0 Å². The zero-order chi connectivity index (χ0) is 12.8. The number of hydrogen-bond acceptors (Lipinski definition) is 0. The van der Waals surface area contributed by atoms with E-state index in [0.717, 1.165) is 0 Å². The average Bonchev–Trinajstić information content (AvgIpc) is 2.75. The van der Waals surface area contributed by atoms with Crippen LogP contribution in [0.2, 0.25) is 9.26 Å². The van der Waals surface area contributed by atoms with Crippen LogP contribution in [0.5, 0.6) is 0 Å². The molecule has 92 valence electrons. The third kappa shape index (κ3) is 2.12. The molecule has 0 atom stereocenters. The maximum absolute atomic E-state index is 2.60. The molecule has 2 aliphatic carbocycles. The fraction of sp³-hybridized carbons (Fsp3) is 0.500. The molecule has 0 saturated heterocycles. The Kier molecular flexibility index (Phi) is 3.52. The van der Waals surface area contributed by atoms with Crippen molar-refractivity contribution < 1.29 is 20.3 Å². The molecule has 0 radical (unpaired) electrons. The van der Waals surface area contributed by atoms with E-state index in [2.05, 4.69) is 49.1 Å². The van der Waals surface area contributed by atoms with Crippen molar-refractivity contribution in [1.29, 1.82) is 0 Å². The van der Waals surface area contributed by atoms with Crippen LogP contribution in [0.15, 0.2) is 41.0 Å². The summed E-state index contributed by atoms with van der Waals surface area (Å²) in [5.41, 5.74) is 6.25. The molecule has 0 spiro atoms. The van der Waals surface area contributed by atoms with Gasteiger partial charge in [0.15, 0.2) is 0 Å². The second-order valence-electron chi connectivity index (χ2n) is 6.01. The second-order valence-corrected chi connectivity index (χ2v) is 17.0. The first-order valence-corrected chi connectivity index (χ1v) is 14.0. The van der Waals surface area contributed by atoms with Crippen molar-refractivity contribution >= 4 is 0 Å². The molecule has 1 heteroatoms. The molecule has 0 nitrogen and oxygen atoms in total. The van der Waals surface area contributed by atoms with Gasteiger partial charge in [-0.15, -0.1) is 0 Å². The zero-order valence-electron chi connectivity index (χ0n) is 12.1. The molecule has 0 heterocycles. The molecule has 0 aromatic heterocycles. The SMILES string of the molecule is CC1=CC[C]([Zr]([CH3])([CH3])[C]2=C(C)C(C)=CC2)=C1C. The summed E-state index contributed by atoms with van der Waals surface area (Å²) in [5, 5.41) is 0. The third-order valence-corrected chi connectivity index (χ3v) is 15.1. The van der Waals surface area contributed by atoms with Gasteiger partial charge < -0.3 is 0 Å². The monoisotopic (exact) mass is 306 g/mol. The molecule has 0 amide bonds. The van der Waals surface area contributed by atoms with E-state index in [0.29, 0.717) is 0 Å². The number of hydrogen-bond donors (Lipinski definition) is 0. The second kappa shape index (κ2) is 4.50. The van der Waals surface area contributed by atoms with Gasteiger partial charge in [0.25, 0.3) is 0 Å². The summed E-state index contributed by atoms with van der Waals surface area (Å²) in [6.07, 6.45) is 7.32. The van der Waals surface area contributed by atoms with Crippen LogP contribution in [-0.2, 0) is 20.3 Å². The van der Waals surface area contributed by atoms with Crippen LogP contribution in [0.25, 0.3) is 0 Å². The minimum atomic E-state index is -2.22. The number of rotatable bonds is 2. The van der Waals surface area contributed by atoms with Crippen molar-refractivity contribution in [1.82, 2.24) is 0 Å². The van der Waals surface area contributed by atoms with Gasteiger partial charge >= 0.3 is 111 Å². The van der Waals surface area contributed by atoms with Crippen LogP contribution in [0.1, 0.15) is 40.5 Å². The molecule has 0 aliphatic heterocycles. The van der Waals surface area contributed by atoms with Gasteiger partial charge in [0.05, 0.1) is 0 Å². The Morgan fingerprint density at radius 3 is 1.35 bits per heavy atom. The Balaban J connectivity index is 2.41. The van der Waals surface area contributed by atoms with E-state index in [1.165, 1.54) is 24.0 Å². The molecule has 0 bridgehead atoms. The molecular weight excluding hydrogens is 283 g/mol. The van der Waals surface area contributed by atoms with Gasteiger partial charge in [0, 0.05) is 0 Å². The Labute approximate surface area is 111 Å². The summed E-state index contributed by atoms with van der Waals surface area (Å²) in [5.74, 6) is 0. The first-order chi connectivity index (χ1) is 7.85. The zero-order valence-corrected chi connectivity index (χ0v) is 14.5. The maximum atomic E-state index is 2.60.